The summed E-state index contributed by atoms with van der Waals surface area (Å²) in [4.78, 5) is 30.8. The average Bonchev–Trinajstić information content (AvgIpc) is 3.31. The summed E-state index contributed by atoms with van der Waals surface area (Å²) in [7, 11) is -2.81. The van der Waals surface area contributed by atoms with Gasteiger partial charge >= 0.3 is 5.69 Å². The van der Waals surface area contributed by atoms with Crippen LogP contribution < -0.4 is 11.2 Å². The number of pyridine rings is 1. The van der Waals surface area contributed by atoms with Crippen molar-refractivity contribution in [3.63, 3.8) is 0 Å². The van der Waals surface area contributed by atoms with Crippen LogP contribution >= 0.6 is 0 Å². The van der Waals surface area contributed by atoms with Crippen LogP contribution in [0.4, 0.5) is 0 Å². The Hall–Kier alpha value is -4.31. The highest BCUT2D eigenvalue weighted by Gasteiger charge is 2.31. The van der Waals surface area contributed by atoms with E-state index < -0.39 is 21.1 Å². The van der Waals surface area contributed by atoms with E-state index in [1.807, 2.05) is 56.3 Å². The van der Waals surface area contributed by atoms with Crippen molar-refractivity contribution in [1.82, 2.24) is 23.9 Å². The van der Waals surface area contributed by atoms with Crippen molar-refractivity contribution < 1.29 is 8.42 Å². The van der Waals surface area contributed by atoms with Crippen LogP contribution in [0.2, 0.25) is 0 Å². The minimum atomic E-state index is -4.16. The van der Waals surface area contributed by atoms with Crippen molar-refractivity contribution in [3.05, 3.63) is 105 Å². The Bertz CT molecular complexity index is 1840. The first-order chi connectivity index (χ1) is 18.2. The van der Waals surface area contributed by atoms with Gasteiger partial charge in [0.15, 0.2) is 10.7 Å². The number of fused-ring (bicyclic) bond motifs is 1. The first-order valence-electron chi connectivity index (χ1n) is 12.2. The number of hydrogen-bond donors (Lipinski definition) is 0. The summed E-state index contributed by atoms with van der Waals surface area (Å²) in [5.41, 5.74) is 1.33. The van der Waals surface area contributed by atoms with Crippen LogP contribution in [0.5, 0.6) is 0 Å². The SMILES string of the molecule is CC(C)Cn1c(=O)n(C)c(=O)c2c(S(=O)(=O)c3ccccc3)n(Cc3ccc(-c4ccccn4)cc3)nc21. The minimum Gasteiger partial charge on any atom is -0.276 e. The van der Waals surface area contributed by atoms with Crippen LogP contribution in [0.25, 0.3) is 22.3 Å². The first kappa shape index (κ1) is 25.3. The van der Waals surface area contributed by atoms with Gasteiger partial charge < -0.3 is 0 Å². The number of nitrogens with zero attached hydrogens (tertiary/aromatic N) is 5. The molecular formula is C28H27N5O4S. The third-order valence-electron chi connectivity index (χ3n) is 6.28. The van der Waals surface area contributed by atoms with Gasteiger partial charge in [-0.25, -0.2) is 17.9 Å². The Kier molecular flexibility index (Phi) is 6.58. The van der Waals surface area contributed by atoms with E-state index in [2.05, 4.69) is 10.1 Å². The van der Waals surface area contributed by atoms with Gasteiger partial charge in [0.05, 0.1) is 17.1 Å². The molecule has 0 radical (unpaired) electrons. The van der Waals surface area contributed by atoms with Crippen LogP contribution in [0.1, 0.15) is 19.4 Å². The molecule has 0 saturated heterocycles. The van der Waals surface area contributed by atoms with Gasteiger partial charge in [-0.15, -0.1) is 0 Å². The maximum absolute atomic E-state index is 13.9. The fourth-order valence-electron chi connectivity index (χ4n) is 4.45. The van der Waals surface area contributed by atoms with Gasteiger partial charge in [-0.05, 0) is 35.7 Å². The molecule has 0 spiro atoms. The standard InChI is InChI=1S/C28H27N5O4S/c1-19(2)17-32-25-24(26(34)31(3)28(32)35)27(38(36,37)22-9-5-4-6-10-22)33(30-25)18-20-12-14-21(15-13-20)23-11-7-8-16-29-23/h4-16,19H,17-18H2,1-3H3. The molecule has 0 aliphatic rings. The number of sulfone groups is 1. The monoisotopic (exact) mass is 529 g/mol. The van der Waals surface area contributed by atoms with Gasteiger partial charge in [-0.1, -0.05) is 62.4 Å². The Balaban J connectivity index is 1.73. The van der Waals surface area contributed by atoms with Crippen molar-refractivity contribution in [3.8, 4) is 11.3 Å². The van der Waals surface area contributed by atoms with Crippen molar-refractivity contribution in [2.45, 2.75) is 36.9 Å². The van der Waals surface area contributed by atoms with E-state index in [0.717, 1.165) is 21.4 Å². The van der Waals surface area contributed by atoms with E-state index in [-0.39, 0.29) is 40.0 Å². The number of aromatic nitrogens is 5. The highest BCUT2D eigenvalue weighted by atomic mass is 32.2. The van der Waals surface area contributed by atoms with E-state index >= 15 is 0 Å². The Labute approximate surface area is 219 Å². The average molecular weight is 530 g/mol. The maximum Gasteiger partial charge on any atom is 0.332 e. The fourth-order valence-corrected chi connectivity index (χ4v) is 6.01. The molecule has 0 aliphatic heterocycles. The van der Waals surface area contributed by atoms with Crippen molar-refractivity contribution in [1.29, 1.82) is 0 Å². The molecule has 9 nitrogen and oxygen atoms in total. The molecule has 3 heterocycles. The first-order valence-corrected chi connectivity index (χ1v) is 13.7. The lowest BCUT2D eigenvalue weighted by atomic mass is 10.1. The lowest BCUT2D eigenvalue weighted by Crippen LogP contribution is -2.39. The number of hydrogen-bond acceptors (Lipinski definition) is 6. The van der Waals surface area contributed by atoms with E-state index in [4.69, 9.17) is 0 Å². The smallest absolute Gasteiger partial charge is 0.276 e. The van der Waals surface area contributed by atoms with E-state index in [0.29, 0.717) is 0 Å². The Morgan fingerprint density at radius 3 is 2.21 bits per heavy atom. The van der Waals surface area contributed by atoms with Gasteiger partial charge in [-0.3, -0.25) is 18.9 Å². The zero-order chi connectivity index (χ0) is 27.0. The third kappa shape index (κ3) is 4.47. The van der Waals surface area contributed by atoms with Crippen molar-refractivity contribution in [2.24, 2.45) is 13.0 Å². The highest BCUT2D eigenvalue weighted by molar-refractivity contribution is 7.91. The second-order valence-corrected chi connectivity index (χ2v) is 11.4. The minimum absolute atomic E-state index is 0.0391. The van der Waals surface area contributed by atoms with Gasteiger partial charge in [0.25, 0.3) is 5.56 Å². The highest BCUT2D eigenvalue weighted by Crippen LogP contribution is 2.27. The molecule has 5 aromatic rings. The molecule has 2 aromatic carbocycles. The second-order valence-electron chi connectivity index (χ2n) is 9.54. The molecule has 194 valence electrons. The van der Waals surface area contributed by atoms with Gasteiger partial charge in [0, 0.05) is 25.4 Å². The van der Waals surface area contributed by atoms with Crippen LogP contribution in [-0.2, 0) is 30.0 Å². The molecule has 0 fully saturated rings. The Morgan fingerprint density at radius 2 is 1.58 bits per heavy atom. The van der Waals surface area contributed by atoms with Crippen molar-refractivity contribution >= 4 is 20.9 Å². The van der Waals surface area contributed by atoms with E-state index in [1.165, 1.54) is 28.4 Å². The van der Waals surface area contributed by atoms with E-state index in [1.54, 1.807) is 24.4 Å². The summed E-state index contributed by atoms with van der Waals surface area (Å²) in [5.74, 6) is 0.0619. The molecule has 3 aromatic heterocycles. The molecule has 0 bridgehead atoms. The summed E-state index contributed by atoms with van der Waals surface area (Å²) < 4.78 is 31.5. The largest absolute Gasteiger partial charge is 0.332 e. The lowest BCUT2D eigenvalue weighted by molar-refractivity contribution is 0.497. The summed E-state index contributed by atoms with van der Waals surface area (Å²) in [5, 5.41) is 4.24. The molecule has 38 heavy (non-hydrogen) atoms. The van der Waals surface area contributed by atoms with Crippen LogP contribution in [0.3, 0.4) is 0 Å². The third-order valence-corrected chi connectivity index (χ3v) is 8.10. The predicted molar refractivity (Wildman–Crippen MR) is 145 cm³/mol. The molecule has 5 rings (SSSR count). The molecule has 0 unspecified atom stereocenters. The van der Waals surface area contributed by atoms with Gasteiger partial charge in [0.1, 0.15) is 5.39 Å². The topological polar surface area (TPSA) is 109 Å². The normalized spacial score (nSPS) is 11.9. The summed E-state index contributed by atoms with van der Waals surface area (Å²) >= 11 is 0. The second kappa shape index (κ2) is 9.86. The molecule has 0 atom stereocenters. The molecule has 10 heteroatoms. The molecule has 0 saturated carbocycles. The quantitative estimate of drug-likeness (QED) is 0.319. The fraction of sp³-hybridized carbons (Fsp3) is 0.214. The Morgan fingerprint density at radius 1 is 0.895 bits per heavy atom. The molecule has 0 aliphatic carbocycles. The van der Waals surface area contributed by atoms with Crippen LogP contribution in [-0.4, -0.2) is 32.3 Å². The van der Waals surface area contributed by atoms with Crippen LogP contribution in [0.15, 0.2) is 98.5 Å². The predicted octanol–water partition coefficient (Wildman–Crippen LogP) is 3.50. The summed E-state index contributed by atoms with van der Waals surface area (Å²) in [6.07, 6.45) is 1.72. The summed E-state index contributed by atoms with van der Waals surface area (Å²) in [6, 6.07) is 21.1. The molecular weight excluding hydrogens is 502 g/mol. The van der Waals surface area contributed by atoms with E-state index in [9.17, 15) is 18.0 Å². The maximum atomic E-state index is 13.9. The zero-order valence-corrected chi connectivity index (χ0v) is 22.1. The lowest BCUT2D eigenvalue weighted by Gasteiger charge is -2.11. The van der Waals surface area contributed by atoms with Crippen molar-refractivity contribution in [2.75, 3.05) is 0 Å². The van der Waals surface area contributed by atoms with Gasteiger partial charge in [-0.2, -0.15) is 5.10 Å². The summed E-state index contributed by atoms with van der Waals surface area (Å²) in [6.45, 7) is 4.23. The molecule has 0 amide bonds. The number of rotatable bonds is 7. The number of benzene rings is 2. The molecule has 0 N–H and O–H groups in total. The van der Waals surface area contributed by atoms with Crippen LogP contribution in [0, 0.1) is 5.92 Å². The zero-order valence-electron chi connectivity index (χ0n) is 21.3. The van der Waals surface area contributed by atoms with Gasteiger partial charge in [0.2, 0.25) is 9.84 Å².